The predicted molar refractivity (Wildman–Crippen MR) is 147 cm³/mol. The second kappa shape index (κ2) is 10.7. The molecular weight excluding hydrogens is 500 g/mol. The molecule has 0 bridgehead atoms. The molecule has 0 spiro atoms. The van der Waals surface area contributed by atoms with E-state index in [0.29, 0.717) is 30.1 Å². The molecule has 0 saturated heterocycles. The summed E-state index contributed by atoms with van der Waals surface area (Å²) in [6, 6.07) is 20.9. The quantitative estimate of drug-likeness (QED) is 0.347. The number of benzene rings is 2. The summed E-state index contributed by atoms with van der Waals surface area (Å²) in [7, 11) is 3.22. The molecule has 1 atom stereocenters. The van der Waals surface area contributed by atoms with Crippen LogP contribution in [0, 0.1) is 0 Å². The number of thiophene rings is 1. The van der Waals surface area contributed by atoms with Crippen molar-refractivity contribution in [3.63, 3.8) is 0 Å². The third-order valence-electron chi connectivity index (χ3n) is 6.97. The van der Waals surface area contributed by atoms with E-state index in [1.165, 1.54) is 0 Å². The molecule has 196 valence electrons. The standard InChI is InChI=1S/C29H30N4O4S/c1-29(28(35)30-18-21-7-4-5-9-26(21)37-3)19-33-25(27(34)32(29)15-14-23-8-6-16-38-23)17-24(31-33)20-10-12-22(36-2)13-11-20/h4-13,16-17H,14-15,18-19H2,1-3H3,(H,30,35)/t29-/m1/s1. The second-order valence-electron chi connectivity index (χ2n) is 9.36. The zero-order valence-electron chi connectivity index (χ0n) is 21.6. The highest BCUT2D eigenvalue weighted by Gasteiger charge is 2.47. The largest absolute Gasteiger partial charge is 0.497 e. The first-order valence-corrected chi connectivity index (χ1v) is 13.3. The molecule has 0 radical (unpaired) electrons. The van der Waals surface area contributed by atoms with Gasteiger partial charge in [-0.05, 0) is 61.2 Å². The molecule has 1 aliphatic heterocycles. The molecule has 8 nitrogen and oxygen atoms in total. The average molecular weight is 531 g/mol. The minimum Gasteiger partial charge on any atom is -0.497 e. The smallest absolute Gasteiger partial charge is 0.273 e. The van der Waals surface area contributed by atoms with Crippen molar-refractivity contribution < 1.29 is 19.1 Å². The lowest BCUT2D eigenvalue weighted by Gasteiger charge is -2.43. The highest BCUT2D eigenvalue weighted by atomic mass is 32.1. The van der Waals surface area contributed by atoms with Crippen molar-refractivity contribution in [1.29, 1.82) is 0 Å². The van der Waals surface area contributed by atoms with Crippen LogP contribution in [0.1, 0.15) is 27.9 Å². The number of methoxy groups -OCH3 is 2. The minimum atomic E-state index is -1.13. The summed E-state index contributed by atoms with van der Waals surface area (Å²) in [5, 5.41) is 9.79. The summed E-state index contributed by atoms with van der Waals surface area (Å²) in [6.45, 7) is 2.76. The van der Waals surface area contributed by atoms with Crippen LogP contribution in [0.25, 0.3) is 11.3 Å². The molecule has 0 fully saturated rings. The highest BCUT2D eigenvalue weighted by Crippen LogP contribution is 2.31. The van der Waals surface area contributed by atoms with Crippen molar-refractivity contribution in [2.45, 2.75) is 32.0 Å². The van der Waals surface area contributed by atoms with Crippen LogP contribution in [-0.2, 0) is 24.3 Å². The highest BCUT2D eigenvalue weighted by molar-refractivity contribution is 7.09. The predicted octanol–water partition coefficient (Wildman–Crippen LogP) is 4.40. The minimum absolute atomic E-state index is 0.213. The lowest BCUT2D eigenvalue weighted by molar-refractivity contribution is -0.133. The number of nitrogens with zero attached hydrogens (tertiary/aromatic N) is 3. The molecule has 0 unspecified atom stereocenters. The van der Waals surface area contributed by atoms with E-state index < -0.39 is 5.54 Å². The van der Waals surface area contributed by atoms with Gasteiger partial charge < -0.3 is 19.7 Å². The van der Waals surface area contributed by atoms with E-state index in [0.717, 1.165) is 21.8 Å². The maximum absolute atomic E-state index is 13.9. The van der Waals surface area contributed by atoms with Gasteiger partial charge in [0.2, 0.25) is 5.91 Å². The molecule has 4 aromatic rings. The van der Waals surface area contributed by atoms with E-state index in [1.807, 2.05) is 73.0 Å². The zero-order chi connectivity index (χ0) is 26.7. The number of ether oxygens (including phenoxy) is 2. The molecule has 2 aromatic heterocycles. The van der Waals surface area contributed by atoms with Crippen LogP contribution in [0.2, 0.25) is 0 Å². The van der Waals surface area contributed by atoms with E-state index in [-0.39, 0.29) is 24.9 Å². The van der Waals surface area contributed by atoms with Crippen molar-refractivity contribution >= 4 is 23.2 Å². The van der Waals surface area contributed by atoms with Crippen LogP contribution in [0.5, 0.6) is 11.5 Å². The summed E-state index contributed by atoms with van der Waals surface area (Å²) in [4.78, 5) is 30.5. The van der Waals surface area contributed by atoms with Crippen molar-refractivity contribution in [3.8, 4) is 22.8 Å². The Morgan fingerprint density at radius 2 is 1.87 bits per heavy atom. The van der Waals surface area contributed by atoms with Crippen LogP contribution in [0.3, 0.4) is 0 Å². The van der Waals surface area contributed by atoms with Gasteiger partial charge in [-0.1, -0.05) is 24.3 Å². The fourth-order valence-corrected chi connectivity index (χ4v) is 5.48. The van der Waals surface area contributed by atoms with E-state index in [4.69, 9.17) is 14.6 Å². The molecule has 38 heavy (non-hydrogen) atoms. The number of hydrogen-bond donors (Lipinski definition) is 1. The zero-order valence-corrected chi connectivity index (χ0v) is 22.5. The van der Waals surface area contributed by atoms with Crippen LogP contribution < -0.4 is 14.8 Å². The van der Waals surface area contributed by atoms with Crippen LogP contribution >= 0.6 is 11.3 Å². The molecular formula is C29H30N4O4S. The third-order valence-corrected chi connectivity index (χ3v) is 7.90. The summed E-state index contributed by atoms with van der Waals surface area (Å²) in [5.41, 5.74) is 1.74. The van der Waals surface area contributed by atoms with Crippen molar-refractivity contribution in [2.24, 2.45) is 0 Å². The van der Waals surface area contributed by atoms with Gasteiger partial charge in [-0.15, -0.1) is 11.3 Å². The Morgan fingerprint density at radius 1 is 1.08 bits per heavy atom. The number of aromatic nitrogens is 2. The maximum Gasteiger partial charge on any atom is 0.273 e. The number of nitrogens with one attached hydrogen (secondary N) is 1. The van der Waals surface area contributed by atoms with Gasteiger partial charge >= 0.3 is 0 Å². The number of carbonyl (C=O) groups is 2. The van der Waals surface area contributed by atoms with E-state index >= 15 is 0 Å². The Balaban J connectivity index is 1.45. The van der Waals surface area contributed by atoms with Gasteiger partial charge in [0, 0.05) is 29.1 Å². The molecule has 0 aliphatic carbocycles. The number of rotatable bonds is 9. The Hall–Kier alpha value is -4.11. The van der Waals surface area contributed by atoms with Crippen molar-refractivity contribution in [1.82, 2.24) is 20.0 Å². The number of carbonyl (C=O) groups excluding carboxylic acids is 2. The lowest BCUT2D eigenvalue weighted by Crippen LogP contribution is -2.64. The Bertz CT molecular complexity index is 1430. The van der Waals surface area contributed by atoms with Gasteiger partial charge in [-0.3, -0.25) is 14.3 Å². The molecule has 5 rings (SSSR count). The van der Waals surface area contributed by atoms with Gasteiger partial charge in [0.1, 0.15) is 22.7 Å². The number of hydrogen-bond acceptors (Lipinski definition) is 6. The number of para-hydroxylation sites is 1. The van der Waals surface area contributed by atoms with Crippen molar-refractivity contribution in [3.05, 3.63) is 88.2 Å². The lowest BCUT2D eigenvalue weighted by atomic mass is 9.94. The first-order chi connectivity index (χ1) is 18.4. The summed E-state index contributed by atoms with van der Waals surface area (Å²) in [6.07, 6.45) is 0.665. The molecule has 0 saturated carbocycles. The molecule has 1 aliphatic rings. The van der Waals surface area contributed by atoms with Crippen LogP contribution in [0.4, 0.5) is 0 Å². The molecule has 2 amide bonds. The topological polar surface area (TPSA) is 85.7 Å². The summed E-state index contributed by atoms with van der Waals surface area (Å²) in [5.74, 6) is 0.989. The Morgan fingerprint density at radius 3 is 2.58 bits per heavy atom. The first kappa shape index (κ1) is 25.5. The first-order valence-electron chi connectivity index (χ1n) is 12.4. The van der Waals surface area contributed by atoms with Crippen molar-refractivity contribution in [2.75, 3.05) is 20.8 Å². The number of amides is 2. The van der Waals surface area contributed by atoms with Gasteiger partial charge in [0.25, 0.3) is 5.91 Å². The van der Waals surface area contributed by atoms with Gasteiger partial charge in [0.15, 0.2) is 0 Å². The molecule has 1 N–H and O–H groups in total. The summed E-state index contributed by atoms with van der Waals surface area (Å²) < 4.78 is 12.4. The molecule has 9 heteroatoms. The Labute approximate surface area is 225 Å². The van der Waals surface area contributed by atoms with Crippen LogP contribution in [0.15, 0.2) is 72.1 Å². The fraction of sp³-hybridized carbons (Fsp3) is 0.276. The average Bonchev–Trinajstić information content (AvgIpc) is 3.62. The van der Waals surface area contributed by atoms with E-state index in [2.05, 4.69) is 5.32 Å². The van der Waals surface area contributed by atoms with E-state index in [1.54, 1.807) is 41.2 Å². The normalized spacial score (nSPS) is 16.7. The SMILES string of the molecule is COc1ccc(-c2cc3n(n2)C[C@](C)(C(=O)NCc2ccccc2OC)N(CCc2cccs2)C3=O)cc1. The maximum atomic E-state index is 13.9. The molecule has 3 heterocycles. The van der Waals surface area contributed by atoms with E-state index in [9.17, 15) is 9.59 Å². The van der Waals surface area contributed by atoms with Gasteiger partial charge in [-0.2, -0.15) is 5.10 Å². The third kappa shape index (κ3) is 4.89. The number of fused-ring (bicyclic) bond motifs is 1. The van der Waals surface area contributed by atoms with Crippen LogP contribution in [-0.4, -0.2) is 52.8 Å². The Kier molecular flexibility index (Phi) is 7.20. The monoisotopic (exact) mass is 530 g/mol. The molecule has 2 aromatic carbocycles. The van der Waals surface area contributed by atoms with Gasteiger partial charge in [0.05, 0.1) is 26.5 Å². The summed E-state index contributed by atoms with van der Waals surface area (Å²) >= 11 is 1.64. The second-order valence-corrected chi connectivity index (χ2v) is 10.4. The fourth-order valence-electron chi connectivity index (χ4n) is 4.79. The van der Waals surface area contributed by atoms with Gasteiger partial charge in [-0.25, -0.2) is 0 Å².